The molecular formula is C18H25NO2. The molecule has 1 fully saturated rings. The van der Waals surface area contributed by atoms with Gasteiger partial charge in [0.05, 0.1) is 5.92 Å². The van der Waals surface area contributed by atoms with Crippen molar-refractivity contribution in [1.82, 2.24) is 5.32 Å². The van der Waals surface area contributed by atoms with Crippen molar-refractivity contribution < 1.29 is 9.90 Å². The molecule has 0 bridgehead atoms. The van der Waals surface area contributed by atoms with E-state index in [1.54, 1.807) is 0 Å². The maximum Gasteiger partial charge on any atom is 0.306 e. The fourth-order valence-electron chi connectivity index (χ4n) is 3.94. The minimum absolute atomic E-state index is 0.126. The smallest absolute Gasteiger partial charge is 0.306 e. The molecular weight excluding hydrogens is 262 g/mol. The van der Waals surface area contributed by atoms with E-state index in [4.69, 9.17) is 5.11 Å². The molecule has 0 amide bonds. The molecule has 114 valence electrons. The highest BCUT2D eigenvalue weighted by Crippen LogP contribution is 2.36. The van der Waals surface area contributed by atoms with Crippen molar-refractivity contribution in [2.45, 2.75) is 57.5 Å². The lowest BCUT2D eigenvalue weighted by molar-refractivity contribution is -0.142. The zero-order valence-electron chi connectivity index (χ0n) is 12.7. The quantitative estimate of drug-likeness (QED) is 0.894. The number of nitrogens with one attached hydrogen (secondary N) is 1. The molecule has 0 heterocycles. The van der Waals surface area contributed by atoms with E-state index in [0.29, 0.717) is 18.0 Å². The Morgan fingerprint density at radius 1 is 1.14 bits per heavy atom. The van der Waals surface area contributed by atoms with Crippen LogP contribution in [0.4, 0.5) is 0 Å². The molecule has 1 saturated carbocycles. The van der Waals surface area contributed by atoms with Crippen LogP contribution in [0.2, 0.25) is 0 Å². The largest absolute Gasteiger partial charge is 0.481 e. The van der Waals surface area contributed by atoms with Crippen molar-refractivity contribution in [1.29, 1.82) is 0 Å². The second-order valence-corrected chi connectivity index (χ2v) is 6.75. The standard InChI is InChI=1S/C18H25NO2/c1-12-6-7-13-4-2-3-5-16(13)17(12)19-15-10-8-14(9-11-15)18(20)21/h2-5,12,14-15,17,19H,6-11H2,1H3,(H,20,21). The average Bonchev–Trinajstić information content (AvgIpc) is 2.51. The summed E-state index contributed by atoms with van der Waals surface area (Å²) in [5, 5.41) is 12.9. The molecule has 1 aromatic rings. The first-order valence-corrected chi connectivity index (χ1v) is 8.22. The molecule has 0 spiro atoms. The highest BCUT2D eigenvalue weighted by molar-refractivity contribution is 5.70. The highest BCUT2D eigenvalue weighted by atomic mass is 16.4. The van der Waals surface area contributed by atoms with Gasteiger partial charge in [0, 0.05) is 12.1 Å². The maximum absolute atomic E-state index is 11.0. The fourth-order valence-corrected chi connectivity index (χ4v) is 3.94. The van der Waals surface area contributed by atoms with Crippen molar-refractivity contribution in [3.63, 3.8) is 0 Å². The average molecular weight is 287 g/mol. The maximum atomic E-state index is 11.0. The van der Waals surface area contributed by atoms with Gasteiger partial charge in [0.1, 0.15) is 0 Å². The third kappa shape index (κ3) is 3.13. The van der Waals surface area contributed by atoms with Crippen LogP contribution in [0.25, 0.3) is 0 Å². The molecule has 1 aromatic carbocycles. The summed E-state index contributed by atoms with van der Waals surface area (Å²) in [6.07, 6.45) is 6.02. The molecule has 3 rings (SSSR count). The van der Waals surface area contributed by atoms with E-state index in [2.05, 4.69) is 36.5 Å². The van der Waals surface area contributed by atoms with Gasteiger partial charge >= 0.3 is 5.97 Å². The summed E-state index contributed by atoms with van der Waals surface area (Å²) in [4.78, 5) is 11.0. The molecule has 0 radical (unpaired) electrons. The lowest BCUT2D eigenvalue weighted by atomic mass is 9.79. The Balaban J connectivity index is 1.67. The van der Waals surface area contributed by atoms with E-state index in [-0.39, 0.29) is 5.92 Å². The molecule has 2 N–H and O–H groups in total. The second kappa shape index (κ2) is 6.18. The number of rotatable bonds is 3. The van der Waals surface area contributed by atoms with E-state index in [1.165, 1.54) is 24.0 Å². The van der Waals surface area contributed by atoms with Crippen molar-refractivity contribution in [3.05, 3.63) is 35.4 Å². The first-order valence-electron chi connectivity index (χ1n) is 8.22. The lowest BCUT2D eigenvalue weighted by Crippen LogP contribution is -2.41. The first kappa shape index (κ1) is 14.6. The van der Waals surface area contributed by atoms with Gasteiger partial charge in [-0.25, -0.2) is 0 Å². The van der Waals surface area contributed by atoms with Gasteiger partial charge in [-0.2, -0.15) is 0 Å². The predicted molar refractivity (Wildman–Crippen MR) is 83.2 cm³/mol. The van der Waals surface area contributed by atoms with Crippen LogP contribution < -0.4 is 5.32 Å². The van der Waals surface area contributed by atoms with E-state index in [9.17, 15) is 4.79 Å². The van der Waals surface area contributed by atoms with E-state index < -0.39 is 5.97 Å². The van der Waals surface area contributed by atoms with E-state index >= 15 is 0 Å². The molecule has 0 saturated heterocycles. The number of fused-ring (bicyclic) bond motifs is 1. The SMILES string of the molecule is CC1CCc2ccccc2C1NC1CCC(C(=O)O)CC1. The van der Waals surface area contributed by atoms with Crippen LogP contribution in [-0.4, -0.2) is 17.1 Å². The number of carboxylic acid groups (broad SMARTS) is 1. The van der Waals surface area contributed by atoms with Gasteiger partial charge in [-0.1, -0.05) is 31.2 Å². The molecule has 21 heavy (non-hydrogen) atoms. The molecule has 0 aliphatic heterocycles. The van der Waals surface area contributed by atoms with Gasteiger partial charge in [0.25, 0.3) is 0 Å². The summed E-state index contributed by atoms with van der Waals surface area (Å²) in [7, 11) is 0. The van der Waals surface area contributed by atoms with Crippen LogP contribution in [-0.2, 0) is 11.2 Å². The number of aliphatic carboxylic acids is 1. The third-order valence-electron chi connectivity index (χ3n) is 5.32. The number of hydrogen-bond donors (Lipinski definition) is 2. The molecule has 3 nitrogen and oxygen atoms in total. The highest BCUT2D eigenvalue weighted by Gasteiger charge is 2.31. The number of aryl methyl sites for hydroxylation is 1. The van der Waals surface area contributed by atoms with Crippen LogP contribution >= 0.6 is 0 Å². The Labute approximate surface area is 126 Å². The Hall–Kier alpha value is -1.35. The van der Waals surface area contributed by atoms with Crippen molar-refractivity contribution in [2.24, 2.45) is 11.8 Å². The summed E-state index contributed by atoms with van der Waals surface area (Å²) in [5.74, 6) is -0.0963. The monoisotopic (exact) mass is 287 g/mol. The molecule has 0 aromatic heterocycles. The van der Waals surface area contributed by atoms with Crippen molar-refractivity contribution >= 4 is 5.97 Å². The molecule has 2 aliphatic rings. The van der Waals surface area contributed by atoms with Gasteiger partial charge in [-0.15, -0.1) is 0 Å². The van der Waals surface area contributed by atoms with Crippen molar-refractivity contribution in [3.8, 4) is 0 Å². The predicted octanol–water partition coefficient (Wildman–Crippen LogP) is 3.54. The zero-order valence-corrected chi connectivity index (χ0v) is 12.7. The second-order valence-electron chi connectivity index (χ2n) is 6.75. The summed E-state index contributed by atoms with van der Waals surface area (Å²) < 4.78 is 0. The first-order chi connectivity index (χ1) is 10.1. The number of benzene rings is 1. The summed E-state index contributed by atoms with van der Waals surface area (Å²) >= 11 is 0. The Morgan fingerprint density at radius 3 is 2.57 bits per heavy atom. The van der Waals surface area contributed by atoms with Crippen LogP contribution in [0.5, 0.6) is 0 Å². The normalized spacial score (nSPS) is 32.4. The minimum Gasteiger partial charge on any atom is -0.481 e. The van der Waals surface area contributed by atoms with Gasteiger partial charge in [-0.05, 0) is 55.6 Å². The van der Waals surface area contributed by atoms with E-state index in [1.807, 2.05) is 0 Å². The van der Waals surface area contributed by atoms with Crippen LogP contribution in [0.15, 0.2) is 24.3 Å². The van der Waals surface area contributed by atoms with E-state index in [0.717, 1.165) is 25.7 Å². The summed E-state index contributed by atoms with van der Waals surface area (Å²) in [6, 6.07) is 9.67. The Morgan fingerprint density at radius 2 is 1.86 bits per heavy atom. The molecule has 2 atom stereocenters. The summed E-state index contributed by atoms with van der Waals surface area (Å²) in [6.45, 7) is 2.33. The number of carbonyl (C=O) groups is 1. The topological polar surface area (TPSA) is 49.3 Å². The minimum atomic E-state index is -0.621. The number of carboxylic acids is 1. The Kier molecular flexibility index (Phi) is 4.29. The van der Waals surface area contributed by atoms with Crippen LogP contribution in [0.1, 0.15) is 56.2 Å². The summed E-state index contributed by atoms with van der Waals surface area (Å²) in [5.41, 5.74) is 2.93. The zero-order chi connectivity index (χ0) is 14.8. The van der Waals surface area contributed by atoms with Gasteiger partial charge in [0.2, 0.25) is 0 Å². The van der Waals surface area contributed by atoms with Gasteiger partial charge in [0.15, 0.2) is 0 Å². The molecule has 2 aliphatic carbocycles. The van der Waals surface area contributed by atoms with Crippen LogP contribution in [0, 0.1) is 11.8 Å². The van der Waals surface area contributed by atoms with Crippen molar-refractivity contribution in [2.75, 3.05) is 0 Å². The molecule has 2 unspecified atom stereocenters. The van der Waals surface area contributed by atoms with Gasteiger partial charge < -0.3 is 10.4 Å². The Bertz CT molecular complexity index is 506. The fraction of sp³-hybridized carbons (Fsp3) is 0.611. The van der Waals surface area contributed by atoms with Gasteiger partial charge in [-0.3, -0.25) is 4.79 Å². The lowest BCUT2D eigenvalue weighted by Gasteiger charge is -2.37. The molecule has 3 heteroatoms. The third-order valence-corrected chi connectivity index (χ3v) is 5.32. The number of hydrogen-bond acceptors (Lipinski definition) is 2. The van der Waals surface area contributed by atoms with Crippen LogP contribution in [0.3, 0.4) is 0 Å².